The molecule has 0 saturated carbocycles. The molecule has 2 N–H and O–H groups in total. The zero-order valence-electron chi connectivity index (χ0n) is 8.47. The predicted octanol–water partition coefficient (Wildman–Crippen LogP) is 2.34. The van der Waals surface area contributed by atoms with E-state index in [1.54, 1.807) is 19.5 Å². The van der Waals surface area contributed by atoms with Crippen molar-refractivity contribution in [3.63, 3.8) is 0 Å². The van der Waals surface area contributed by atoms with Gasteiger partial charge in [-0.2, -0.15) is 0 Å². The molecule has 1 aromatic carbocycles. The van der Waals surface area contributed by atoms with E-state index in [4.69, 9.17) is 10.5 Å². The van der Waals surface area contributed by atoms with E-state index in [1.165, 1.54) is 0 Å². The Bertz CT molecular complexity index is 454. The van der Waals surface area contributed by atoms with E-state index in [-0.39, 0.29) is 0 Å². The number of methoxy groups -OCH3 is 1. The second kappa shape index (κ2) is 4.00. The van der Waals surface area contributed by atoms with Gasteiger partial charge >= 0.3 is 0 Å². The highest BCUT2D eigenvalue weighted by atomic mass is 16.5. The summed E-state index contributed by atoms with van der Waals surface area (Å²) in [6.45, 7) is 0. The average molecular weight is 200 g/mol. The van der Waals surface area contributed by atoms with Gasteiger partial charge in [0, 0.05) is 29.2 Å². The molecule has 0 saturated heterocycles. The van der Waals surface area contributed by atoms with Crippen molar-refractivity contribution in [1.29, 1.82) is 0 Å². The monoisotopic (exact) mass is 200 g/mol. The van der Waals surface area contributed by atoms with Gasteiger partial charge < -0.3 is 10.5 Å². The second-order valence-corrected chi connectivity index (χ2v) is 3.19. The molecule has 3 nitrogen and oxygen atoms in total. The van der Waals surface area contributed by atoms with Crippen LogP contribution < -0.4 is 10.5 Å². The van der Waals surface area contributed by atoms with Crippen molar-refractivity contribution in [2.24, 2.45) is 0 Å². The zero-order chi connectivity index (χ0) is 10.7. The quantitative estimate of drug-likeness (QED) is 0.757. The van der Waals surface area contributed by atoms with Crippen molar-refractivity contribution in [2.45, 2.75) is 0 Å². The van der Waals surface area contributed by atoms with Crippen LogP contribution in [0.2, 0.25) is 0 Å². The van der Waals surface area contributed by atoms with Gasteiger partial charge in [0.2, 0.25) is 0 Å². The summed E-state index contributed by atoms with van der Waals surface area (Å²) >= 11 is 0. The number of nitrogens with two attached hydrogens (primary N) is 1. The third kappa shape index (κ3) is 1.91. The minimum absolute atomic E-state index is 0.726. The number of ether oxygens (including phenoxy) is 1. The van der Waals surface area contributed by atoms with E-state index in [1.807, 2.05) is 30.3 Å². The number of nitrogen functional groups attached to an aromatic ring is 1. The van der Waals surface area contributed by atoms with Gasteiger partial charge in [0.05, 0.1) is 7.11 Å². The van der Waals surface area contributed by atoms with Crippen LogP contribution >= 0.6 is 0 Å². The zero-order valence-corrected chi connectivity index (χ0v) is 8.47. The lowest BCUT2D eigenvalue weighted by molar-refractivity contribution is 0.415. The smallest absolute Gasteiger partial charge is 0.119 e. The maximum Gasteiger partial charge on any atom is 0.119 e. The molecule has 15 heavy (non-hydrogen) atoms. The van der Waals surface area contributed by atoms with Gasteiger partial charge in [-0.15, -0.1) is 0 Å². The highest BCUT2D eigenvalue weighted by Gasteiger charge is 2.03. The third-order valence-electron chi connectivity index (χ3n) is 2.23. The highest BCUT2D eigenvalue weighted by Crippen LogP contribution is 2.28. The molecule has 0 aliphatic rings. The molecular formula is C12H12N2O. The highest BCUT2D eigenvalue weighted by molar-refractivity contribution is 5.76. The molecule has 0 spiro atoms. The number of aromatic nitrogens is 1. The van der Waals surface area contributed by atoms with Gasteiger partial charge in [0.1, 0.15) is 5.75 Å². The number of hydrogen-bond acceptors (Lipinski definition) is 3. The Hall–Kier alpha value is -2.03. The number of anilines is 1. The molecule has 0 radical (unpaired) electrons. The van der Waals surface area contributed by atoms with Crippen LogP contribution in [-0.4, -0.2) is 12.1 Å². The first-order valence-electron chi connectivity index (χ1n) is 4.65. The first-order valence-corrected chi connectivity index (χ1v) is 4.65. The van der Waals surface area contributed by atoms with Crippen LogP contribution in [0.4, 0.5) is 5.69 Å². The van der Waals surface area contributed by atoms with Crippen LogP contribution in [0.15, 0.2) is 42.7 Å². The average Bonchev–Trinajstić information content (AvgIpc) is 2.31. The molecule has 3 heteroatoms. The normalized spacial score (nSPS) is 9.93. The van der Waals surface area contributed by atoms with Crippen molar-refractivity contribution in [2.75, 3.05) is 12.8 Å². The fourth-order valence-corrected chi connectivity index (χ4v) is 1.43. The largest absolute Gasteiger partial charge is 0.497 e. The molecule has 0 aliphatic carbocycles. The van der Waals surface area contributed by atoms with E-state index < -0.39 is 0 Å². The molecule has 2 rings (SSSR count). The minimum Gasteiger partial charge on any atom is -0.497 e. The molecule has 2 aromatic rings. The predicted molar refractivity (Wildman–Crippen MR) is 60.6 cm³/mol. The lowest BCUT2D eigenvalue weighted by Crippen LogP contribution is -1.92. The Morgan fingerprint density at radius 2 is 2.13 bits per heavy atom. The van der Waals surface area contributed by atoms with Crippen molar-refractivity contribution in [3.8, 4) is 16.9 Å². The van der Waals surface area contributed by atoms with E-state index in [2.05, 4.69) is 4.98 Å². The fourth-order valence-electron chi connectivity index (χ4n) is 1.43. The van der Waals surface area contributed by atoms with Crippen molar-refractivity contribution in [3.05, 3.63) is 42.7 Å². The van der Waals surface area contributed by atoms with E-state index >= 15 is 0 Å². The molecule has 1 heterocycles. The molecule has 0 unspecified atom stereocenters. The van der Waals surface area contributed by atoms with Crippen molar-refractivity contribution >= 4 is 5.69 Å². The van der Waals surface area contributed by atoms with Crippen LogP contribution in [0.5, 0.6) is 5.75 Å². The molecule has 0 aliphatic heterocycles. The van der Waals surface area contributed by atoms with E-state index in [0.717, 1.165) is 22.6 Å². The summed E-state index contributed by atoms with van der Waals surface area (Å²) in [5.74, 6) is 0.794. The van der Waals surface area contributed by atoms with Gasteiger partial charge in [0.15, 0.2) is 0 Å². The Morgan fingerprint density at radius 3 is 2.80 bits per heavy atom. The van der Waals surface area contributed by atoms with Gasteiger partial charge in [-0.05, 0) is 24.3 Å². The van der Waals surface area contributed by atoms with E-state index in [9.17, 15) is 0 Å². The SMILES string of the molecule is COc1ccc(N)c(-c2cccnc2)c1. The Balaban J connectivity index is 2.52. The summed E-state index contributed by atoms with van der Waals surface area (Å²) in [7, 11) is 1.64. The molecule has 0 amide bonds. The summed E-state index contributed by atoms with van der Waals surface area (Å²) in [6.07, 6.45) is 3.52. The van der Waals surface area contributed by atoms with Gasteiger partial charge in [-0.25, -0.2) is 0 Å². The fraction of sp³-hybridized carbons (Fsp3) is 0.0833. The summed E-state index contributed by atoms with van der Waals surface area (Å²) in [5.41, 5.74) is 8.56. The number of benzene rings is 1. The molecular weight excluding hydrogens is 188 g/mol. The van der Waals surface area contributed by atoms with E-state index in [0.29, 0.717) is 0 Å². The molecule has 0 fully saturated rings. The first-order chi connectivity index (χ1) is 7.31. The topological polar surface area (TPSA) is 48.1 Å². The van der Waals surface area contributed by atoms with Crippen molar-refractivity contribution in [1.82, 2.24) is 4.98 Å². The third-order valence-corrected chi connectivity index (χ3v) is 2.23. The standard InChI is InChI=1S/C12H12N2O/c1-15-10-4-5-12(13)11(7-10)9-3-2-6-14-8-9/h2-8H,13H2,1H3. The molecule has 1 aromatic heterocycles. The maximum atomic E-state index is 5.89. The summed E-state index contributed by atoms with van der Waals surface area (Å²) in [5, 5.41) is 0. The van der Waals surface area contributed by atoms with Crippen LogP contribution in [-0.2, 0) is 0 Å². The second-order valence-electron chi connectivity index (χ2n) is 3.19. The van der Waals surface area contributed by atoms with Crippen LogP contribution in [0.1, 0.15) is 0 Å². The maximum absolute atomic E-state index is 5.89. The number of rotatable bonds is 2. The molecule has 76 valence electrons. The van der Waals surface area contributed by atoms with Crippen molar-refractivity contribution < 1.29 is 4.74 Å². The van der Waals surface area contributed by atoms with Crippen LogP contribution in [0, 0.1) is 0 Å². The van der Waals surface area contributed by atoms with Gasteiger partial charge in [-0.1, -0.05) is 6.07 Å². The Labute approximate surface area is 88.5 Å². The number of hydrogen-bond donors (Lipinski definition) is 1. The Morgan fingerprint density at radius 1 is 1.27 bits per heavy atom. The summed E-state index contributed by atoms with van der Waals surface area (Å²) in [4.78, 5) is 4.06. The first kappa shape index (κ1) is 9.52. The molecule has 0 atom stereocenters. The van der Waals surface area contributed by atoms with Crippen LogP contribution in [0.25, 0.3) is 11.1 Å². The summed E-state index contributed by atoms with van der Waals surface area (Å²) in [6, 6.07) is 9.44. The number of nitrogens with zero attached hydrogens (tertiary/aromatic N) is 1. The lowest BCUT2D eigenvalue weighted by atomic mass is 10.1. The van der Waals surface area contributed by atoms with Gasteiger partial charge in [0.25, 0.3) is 0 Å². The van der Waals surface area contributed by atoms with Gasteiger partial charge in [-0.3, -0.25) is 4.98 Å². The Kier molecular flexibility index (Phi) is 2.54. The lowest BCUT2D eigenvalue weighted by Gasteiger charge is -2.07. The summed E-state index contributed by atoms with van der Waals surface area (Å²) < 4.78 is 5.16. The van der Waals surface area contributed by atoms with Crippen LogP contribution in [0.3, 0.4) is 0 Å². The number of pyridine rings is 1. The minimum atomic E-state index is 0.726. The molecule has 0 bridgehead atoms.